The fourth-order valence-electron chi connectivity index (χ4n) is 3.54. The molecular formula is C19H22FN5O2S. The van der Waals surface area contributed by atoms with Crippen LogP contribution in [-0.2, 0) is 17.1 Å². The van der Waals surface area contributed by atoms with Crippen LogP contribution in [0.1, 0.15) is 6.92 Å². The smallest absolute Gasteiger partial charge is 0.213 e. The summed E-state index contributed by atoms with van der Waals surface area (Å²) in [6.07, 6.45) is 1.21. The summed E-state index contributed by atoms with van der Waals surface area (Å²) in [5, 5.41) is 0. The third-order valence-electron chi connectivity index (χ3n) is 5.19. The van der Waals surface area contributed by atoms with E-state index in [0.29, 0.717) is 43.4 Å². The van der Waals surface area contributed by atoms with Gasteiger partial charge in [0.05, 0.1) is 28.5 Å². The van der Waals surface area contributed by atoms with Gasteiger partial charge in [-0.3, -0.25) is 0 Å². The molecule has 0 radical (unpaired) electrons. The minimum atomic E-state index is -3.19. The number of hydrogen-bond donors (Lipinski definition) is 0. The quantitative estimate of drug-likeness (QED) is 0.668. The number of imidazole rings is 1. The van der Waals surface area contributed by atoms with Gasteiger partial charge in [0.15, 0.2) is 5.82 Å². The third kappa shape index (κ3) is 3.24. The molecule has 0 spiro atoms. The minimum Gasteiger partial charge on any atom is -0.354 e. The molecule has 1 saturated heterocycles. The van der Waals surface area contributed by atoms with E-state index in [1.54, 1.807) is 13.0 Å². The molecule has 148 valence electrons. The van der Waals surface area contributed by atoms with Gasteiger partial charge in [-0.1, -0.05) is 12.1 Å². The first-order valence-electron chi connectivity index (χ1n) is 9.21. The second-order valence-electron chi connectivity index (χ2n) is 6.79. The van der Waals surface area contributed by atoms with Gasteiger partial charge < -0.3 is 9.47 Å². The van der Waals surface area contributed by atoms with Crippen molar-refractivity contribution in [1.29, 1.82) is 0 Å². The highest BCUT2D eigenvalue weighted by atomic mass is 32.2. The van der Waals surface area contributed by atoms with Crippen LogP contribution in [0, 0.1) is 5.82 Å². The van der Waals surface area contributed by atoms with Crippen LogP contribution in [0.25, 0.3) is 22.4 Å². The SMILES string of the molecule is CCS(=O)(=O)N1CCN(c2cc(-c3nc4ccccc4n3C)c(F)cn2)CC1. The Morgan fingerprint density at radius 2 is 1.86 bits per heavy atom. The fraction of sp³-hybridized carbons (Fsp3) is 0.368. The highest BCUT2D eigenvalue weighted by molar-refractivity contribution is 7.89. The van der Waals surface area contributed by atoms with Gasteiger partial charge in [-0.05, 0) is 25.1 Å². The van der Waals surface area contributed by atoms with E-state index in [4.69, 9.17) is 0 Å². The zero-order valence-electron chi connectivity index (χ0n) is 15.8. The predicted octanol–water partition coefficient (Wildman–Crippen LogP) is 2.25. The molecule has 0 bridgehead atoms. The summed E-state index contributed by atoms with van der Waals surface area (Å²) < 4.78 is 42.0. The minimum absolute atomic E-state index is 0.0959. The Labute approximate surface area is 163 Å². The van der Waals surface area contributed by atoms with Gasteiger partial charge >= 0.3 is 0 Å². The van der Waals surface area contributed by atoms with Gasteiger partial charge in [0.25, 0.3) is 0 Å². The molecule has 0 unspecified atom stereocenters. The second kappa shape index (κ2) is 7.14. The Hall–Kier alpha value is -2.52. The van der Waals surface area contributed by atoms with Crippen LogP contribution in [0.15, 0.2) is 36.5 Å². The van der Waals surface area contributed by atoms with Crippen molar-refractivity contribution < 1.29 is 12.8 Å². The van der Waals surface area contributed by atoms with Crippen LogP contribution >= 0.6 is 0 Å². The average Bonchev–Trinajstić information content (AvgIpc) is 3.05. The summed E-state index contributed by atoms with van der Waals surface area (Å²) in [5.74, 6) is 0.819. The number of rotatable bonds is 4. The third-order valence-corrected chi connectivity index (χ3v) is 7.07. The van der Waals surface area contributed by atoms with Crippen molar-refractivity contribution in [3.8, 4) is 11.4 Å². The van der Waals surface area contributed by atoms with Crippen LogP contribution in [0.2, 0.25) is 0 Å². The van der Waals surface area contributed by atoms with Crippen molar-refractivity contribution in [2.24, 2.45) is 7.05 Å². The van der Waals surface area contributed by atoms with Gasteiger partial charge in [0, 0.05) is 33.2 Å². The van der Waals surface area contributed by atoms with Gasteiger partial charge in [-0.25, -0.2) is 22.8 Å². The molecule has 1 aliphatic rings. The standard InChI is InChI=1S/C19H22FN5O2S/c1-3-28(26,27)25-10-8-24(9-11-25)18-12-14(15(20)13-21-18)19-22-16-6-4-5-7-17(16)23(19)2/h4-7,12-13H,3,8-11H2,1-2H3. The molecule has 1 aromatic carbocycles. The summed E-state index contributed by atoms with van der Waals surface area (Å²) in [7, 11) is -1.33. The van der Waals surface area contributed by atoms with Crippen molar-refractivity contribution in [2.45, 2.75) is 6.92 Å². The Morgan fingerprint density at radius 1 is 1.14 bits per heavy atom. The summed E-state index contributed by atoms with van der Waals surface area (Å²) in [4.78, 5) is 10.8. The molecule has 2 aromatic heterocycles. The molecule has 1 aliphatic heterocycles. The van der Waals surface area contributed by atoms with E-state index >= 15 is 0 Å². The normalized spacial score (nSPS) is 16.0. The van der Waals surface area contributed by atoms with E-state index in [9.17, 15) is 12.8 Å². The number of anilines is 1. The number of para-hydroxylation sites is 2. The Kier molecular flexibility index (Phi) is 4.80. The Morgan fingerprint density at radius 3 is 2.54 bits per heavy atom. The lowest BCUT2D eigenvalue weighted by Crippen LogP contribution is -2.49. The van der Waals surface area contributed by atoms with E-state index in [1.165, 1.54) is 10.5 Å². The monoisotopic (exact) mass is 403 g/mol. The number of halogens is 1. The molecule has 9 heteroatoms. The summed E-state index contributed by atoms with van der Waals surface area (Å²) in [6, 6.07) is 9.36. The first kappa shape index (κ1) is 18.8. The van der Waals surface area contributed by atoms with Crippen molar-refractivity contribution in [1.82, 2.24) is 18.8 Å². The van der Waals surface area contributed by atoms with E-state index in [0.717, 1.165) is 11.0 Å². The van der Waals surface area contributed by atoms with E-state index in [2.05, 4.69) is 9.97 Å². The van der Waals surface area contributed by atoms with Crippen LogP contribution in [0.5, 0.6) is 0 Å². The number of piperazine rings is 1. The molecule has 7 nitrogen and oxygen atoms in total. The van der Waals surface area contributed by atoms with Crippen molar-refractivity contribution in [2.75, 3.05) is 36.8 Å². The molecule has 28 heavy (non-hydrogen) atoms. The zero-order valence-corrected chi connectivity index (χ0v) is 16.7. The molecule has 0 N–H and O–H groups in total. The van der Waals surface area contributed by atoms with Crippen LogP contribution in [-0.4, -0.2) is 59.2 Å². The number of hydrogen-bond acceptors (Lipinski definition) is 5. The average molecular weight is 403 g/mol. The number of aryl methyl sites for hydroxylation is 1. The molecule has 3 heterocycles. The fourth-order valence-corrected chi connectivity index (χ4v) is 4.62. The van der Waals surface area contributed by atoms with Crippen LogP contribution < -0.4 is 4.90 Å². The Bertz CT molecular complexity index is 1120. The molecular weight excluding hydrogens is 381 g/mol. The van der Waals surface area contributed by atoms with Crippen LogP contribution in [0.4, 0.5) is 10.2 Å². The first-order valence-corrected chi connectivity index (χ1v) is 10.8. The largest absolute Gasteiger partial charge is 0.354 e. The number of nitrogens with zero attached hydrogens (tertiary/aromatic N) is 5. The summed E-state index contributed by atoms with van der Waals surface area (Å²) in [5.41, 5.74) is 2.11. The number of pyridine rings is 1. The van der Waals surface area contributed by atoms with E-state index in [-0.39, 0.29) is 5.75 Å². The Balaban J connectivity index is 1.64. The van der Waals surface area contributed by atoms with E-state index in [1.807, 2.05) is 40.8 Å². The first-order chi connectivity index (χ1) is 13.4. The lowest BCUT2D eigenvalue weighted by Gasteiger charge is -2.34. The maximum absolute atomic E-state index is 14.6. The second-order valence-corrected chi connectivity index (χ2v) is 9.05. The van der Waals surface area contributed by atoms with Crippen molar-refractivity contribution in [3.05, 3.63) is 42.3 Å². The topological polar surface area (TPSA) is 71.3 Å². The molecule has 0 aliphatic carbocycles. The zero-order chi connectivity index (χ0) is 19.9. The number of sulfonamides is 1. The van der Waals surface area contributed by atoms with Crippen molar-refractivity contribution in [3.63, 3.8) is 0 Å². The molecule has 0 saturated carbocycles. The molecule has 0 atom stereocenters. The van der Waals surface area contributed by atoms with Gasteiger partial charge in [-0.15, -0.1) is 0 Å². The highest BCUT2D eigenvalue weighted by Crippen LogP contribution is 2.28. The highest BCUT2D eigenvalue weighted by Gasteiger charge is 2.26. The van der Waals surface area contributed by atoms with Crippen LogP contribution in [0.3, 0.4) is 0 Å². The molecule has 1 fully saturated rings. The molecule has 0 amide bonds. The summed E-state index contributed by atoms with van der Waals surface area (Å²) >= 11 is 0. The van der Waals surface area contributed by atoms with Gasteiger partial charge in [-0.2, -0.15) is 4.31 Å². The maximum Gasteiger partial charge on any atom is 0.213 e. The van der Waals surface area contributed by atoms with Gasteiger partial charge in [0.1, 0.15) is 11.6 Å². The lowest BCUT2D eigenvalue weighted by molar-refractivity contribution is 0.384. The van der Waals surface area contributed by atoms with E-state index < -0.39 is 15.8 Å². The van der Waals surface area contributed by atoms with Gasteiger partial charge in [0.2, 0.25) is 10.0 Å². The predicted molar refractivity (Wildman–Crippen MR) is 107 cm³/mol. The number of benzene rings is 1. The number of fused-ring (bicyclic) bond motifs is 1. The maximum atomic E-state index is 14.6. The lowest BCUT2D eigenvalue weighted by atomic mass is 10.2. The molecule has 3 aromatic rings. The summed E-state index contributed by atoms with van der Waals surface area (Å²) in [6.45, 7) is 3.47. The molecule has 4 rings (SSSR count). The van der Waals surface area contributed by atoms with Crippen molar-refractivity contribution >= 4 is 26.9 Å². The number of aromatic nitrogens is 3.